The van der Waals surface area contributed by atoms with Crippen molar-refractivity contribution in [2.24, 2.45) is 0 Å². The molecule has 1 amide bonds. The van der Waals surface area contributed by atoms with Gasteiger partial charge in [0, 0.05) is 11.6 Å². The summed E-state index contributed by atoms with van der Waals surface area (Å²) in [6.45, 7) is 2.25. The summed E-state index contributed by atoms with van der Waals surface area (Å²) in [5, 5.41) is 3.59. The topological polar surface area (TPSA) is 93.3 Å². The van der Waals surface area contributed by atoms with Crippen molar-refractivity contribution >= 4 is 16.8 Å². The van der Waals surface area contributed by atoms with Gasteiger partial charge in [0.1, 0.15) is 5.82 Å². The zero-order chi connectivity index (χ0) is 21.6. The van der Waals surface area contributed by atoms with Crippen molar-refractivity contribution in [1.82, 2.24) is 15.3 Å². The molecule has 0 aliphatic heterocycles. The third-order valence-electron chi connectivity index (χ3n) is 5.46. The number of para-hydroxylation sites is 1. The highest BCUT2D eigenvalue weighted by Crippen LogP contribution is 2.32. The van der Waals surface area contributed by atoms with Gasteiger partial charge in [0.2, 0.25) is 0 Å². The second kappa shape index (κ2) is 9.64. The lowest BCUT2D eigenvalue weighted by atomic mass is 9.95. The van der Waals surface area contributed by atoms with Gasteiger partial charge >= 0.3 is 0 Å². The summed E-state index contributed by atoms with van der Waals surface area (Å²) in [5.41, 5.74) is 1.13. The summed E-state index contributed by atoms with van der Waals surface area (Å²) >= 11 is 0. The molecular weight excluding hydrogens is 394 g/mol. The molecule has 0 unspecified atom stereocenters. The Morgan fingerprint density at radius 1 is 1.10 bits per heavy atom. The van der Waals surface area contributed by atoms with E-state index in [2.05, 4.69) is 15.3 Å². The van der Waals surface area contributed by atoms with Crippen LogP contribution in [-0.4, -0.2) is 35.1 Å². The average molecular weight is 421 g/mol. The quantitative estimate of drug-likeness (QED) is 0.605. The minimum absolute atomic E-state index is 0.0685. The number of aromatic amines is 1. The van der Waals surface area contributed by atoms with Gasteiger partial charge in [-0.05, 0) is 50.1 Å². The molecule has 0 spiro atoms. The average Bonchev–Trinajstić information content (AvgIpc) is 2.79. The van der Waals surface area contributed by atoms with Gasteiger partial charge in [-0.25, -0.2) is 4.98 Å². The zero-order valence-corrected chi connectivity index (χ0v) is 17.6. The summed E-state index contributed by atoms with van der Waals surface area (Å²) in [6.07, 6.45) is 5.62. The van der Waals surface area contributed by atoms with Crippen molar-refractivity contribution < 1.29 is 14.3 Å². The van der Waals surface area contributed by atoms with Crippen LogP contribution in [0.2, 0.25) is 0 Å². The molecule has 1 aliphatic rings. The predicted octanol–water partition coefficient (Wildman–Crippen LogP) is 3.82. The van der Waals surface area contributed by atoms with Crippen LogP contribution in [0.1, 0.15) is 39.0 Å². The maximum Gasteiger partial charge on any atom is 0.259 e. The highest BCUT2D eigenvalue weighted by atomic mass is 16.5. The first-order chi connectivity index (χ1) is 15.1. The molecule has 4 rings (SSSR count). The van der Waals surface area contributed by atoms with Crippen molar-refractivity contribution in [3.8, 4) is 22.9 Å². The largest absolute Gasteiger partial charge is 0.490 e. The second-order valence-electron chi connectivity index (χ2n) is 7.72. The number of carbonyl (C=O) groups excluding carboxylic acids is 1. The van der Waals surface area contributed by atoms with Crippen LogP contribution in [0.5, 0.6) is 11.5 Å². The number of H-pyrrole nitrogens is 1. The number of benzene rings is 2. The van der Waals surface area contributed by atoms with E-state index in [-0.39, 0.29) is 24.1 Å². The number of nitrogens with zero attached hydrogens (tertiary/aromatic N) is 1. The van der Waals surface area contributed by atoms with Gasteiger partial charge in [-0.1, -0.05) is 31.4 Å². The van der Waals surface area contributed by atoms with Crippen molar-refractivity contribution in [1.29, 1.82) is 0 Å². The van der Waals surface area contributed by atoms with E-state index >= 15 is 0 Å². The van der Waals surface area contributed by atoms with Crippen molar-refractivity contribution in [3.63, 3.8) is 0 Å². The minimum atomic E-state index is -0.196. The Morgan fingerprint density at radius 3 is 2.71 bits per heavy atom. The van der Waals surface area contributed by atoms with Crippen molar-refractivity contribution in [3.05, 3.63) is 52.8 Å². The van der Waals surface area contributed by atoms with Gasteiger partial charge in [0.25, 0.3) is 11.5 Å². The number of amides is 1. The fourth-order valence-electron chi connectivity index (χ4n) is 3.93. The number of rotatable bonds is 7. The first-order valence-corrected chi connectivity index (χ1v) is 10.8. The monoisotopic (exact) mass is 421 g/mol. The predicted molar refractivity (Wildman–Crippen MR) is 119 cm³/mol. The number of nitrogens with one attached hydrogen (secondary N) is 2. The molecule has 7 nitrogen and oxygen atoms in total. The van der Waals surface area contributed by atoms with Gasteiger partial charge in [-0.3, -0.25) is 9.59 Å². The number of aromatic nitrogens is 2. The Labute approximate surface area is 180 Å². The Morgan fingerprint density at radius 2 is 1.90 bits per heavy atom. The Balaban J connectivity index is 1.51. The Hall–Kier alpha value is -3.35. The molecule has 0 radical (unpaired) electrons. The molecule has 7 heteroatoms. The molecule has 1 fully saturated rings. The number of carbonyl (C=O) groups is 1. The molecule has 2 N–H and O–H groups in total. The van der Waals surface area contributed by atoms with Crippen LogP contribution < -0.4 is 20.3 Å². The number of hydrogen-bond donors (Lipinski definition) is 2. The summed E-state index contributed by atoms with van der Waals surface area (Å²) in [5.74, 6) is 1.30. The van der Waals surface area contributed by atoms with Gasteiger partial charge < -0.3 is 19.8 Å². The fraction of sp³-hybridized carbons (Fsp3) is 0.375. The van der Waals surface area contributed by atoms with Crippen LogP contribution in [0.3, 0.4) is 0 Å². The highest BCUT2D eigenvalue weighted by Gasteiger charge is 2.17. The van der Waals surface area contributed by atoms with Gasteiger partial charge in [-0.2, -0.15) is 0 Å². The summed E-state index contributed by atoms with van der Waals surface area (Å²) in [7, 11) is 0. The van der Waals surface area contributed by atoms with Crippen LogP contribution in [0, 0.1) is 0 Å². The maximum atomic E-state index is 12.4. The van der Waals surface area contributed by atoms with E-state index in [0.29, 0.717) is 40.4 Å². The highest BCUT2D eigenvalue weighted by molar-refractivity contribution is 5.80. The molecule has 31 heavy (non-hydrogen) atoms. The van der Waals surface area contributed by atoms with E-state index in [0.717, 1.165) is 25.7 Å². The summed E-state index contributed by atoms with van der Waals surface area (Å²) in [4.78, 5) is 32.1. The molecule has 3 aromatic rings. The van der Waals surface area contributed by atoms with E-state index < -0.39 is 0 Å². The van der Waals surface area contributed by atoms with E-state index in [9.17, 15) is 9.59 Å². The maximum absolute atomic E-state index is 12.4. The van der Waals surface area contributed by atoms with Gasteiger partial charge in [0.15, 0.2) is 18.1 Å². The lowest BCUT2D eigenvalue weighted by Gasteiger charge is -2.22. The van der Waals surface area contributed by atoms with E-state index in [1.165, 1.54) is 6.42 Å². The van der Waals surface area contributed by atoms with E-state index in [1.54, 1.807) is 30.3 Å². The summed E-state index contributed by atoms with van der Waals surface area (Å²) < 4.78 is 11.5. The molecule has 162 valence electrons. The molecule has 1 aliphatic carbocycles. The van der Waals surface area contributed by atoms with Crippen LogP contribution in [0.4, 0.5) is 0 Å². The van der Waals surface area contributed by atoms with E-state index in [4.69, 9.17) is 9.47 Å². The van der Waals surface area contributed by atoms with Crippen molar-refractivity contribution in [2.45, 2.75) is 45.1 Å². The van der Waals surface area contributed by atoms with Crippen LogP contribution in [0.15, 0.2) is 47.3 Å². The third-order valence-corrected chi connectivity index (χ3v) is 5.46. The summed E-state index contributed by atoms with van der Waals surface area (Å²) in [6, 6.07) is 12.8. The molecule has 1 aromatic heterocycles. The fourth-order valence-corrected chi connectivity index (χ4v) is 3.93. The molecule has 1 saturated carbocycles. The second-order valence-corrected chi connectivity index (χ2v) is 7.72. The van der Waals surface area contributed by atoms with Gasteiger partial charge in [0.05, 0.1) is 17.5 Å². The zero-order valence-electron chi connectivity index (χ0n) is 17.6. The Kier molecular flexibility index (Phi) is 6.50. The first kappa shape index (κ1) is 20.9. The lowest BCUT2D eigenvalue weighted by molar-refractivity contribution is -0.124. The molecule has 0 atom stereocenters. The SMILES string of the molecule is CCOc1cc(-c2nc3ccccc3c(=O)[nH]2)ccc1OCC(=O)NC1CCCCC1. The Bertz CT molecular complexity index is 1120. The molecule has 0 saturated heterocycles. The van der Waals surface area contributed by atoms with Crippen LogP contribution >= 0.6 is 0 Å². The molecule has 1 heterocycles. The van der Waals surface area contributed by atoms with E-state index in [1.807, 2.05) is 19.1 Å². The standard InChI is InChI=1S/C24H27N3O4/c1-2-30-21-14-16(23-26-19-11-7-6-10-18(19)24(29)27-23)12-13-20(21)31-15-22(28)25-17-8-4-3-5-9-17/h6-7,10-14,17H,2-5,8-9,15H2,1H3,(H,25,28)(H,26,27,29). The number of hydrogen-bond acceptors (Lipinski definition) is 5. The molecule has 0 bridgehead atoms. The first-order valence-electron chi connectivity index (χ1n) is 10.8. The smallest absolute Gasteiger partial charge is 0.259 e. The van der Waals surface area contributed by atoms with Crippen molar-refractivity contribution in [2.75, 3.05) is 13.2 Å². The van der Waals surface area contributed by atoms with Gasteiger partial charge in [-0.15, -0.1) is 0 Å². The number of fused-ring (bicyclic) bond motifs is 1. The normalized spacial score (nSPS) is 14.4. The third kappa shape index (κ3) is 5.05. The van der Waals surface area contributed by atoms with Crippen LogP contribution in [0.25, 0.3) is 22.3 Å². The number of ether oxygens (including phenoxy) is 2. The lowest BCUT2D eigenvalue weighted by Crippen LogP contribution is -2.39. The molecular formula is C24H27N3O4. The molecule has 2 aromatic carbocycles. The minimum Gasteiger partial charge on any atom is -0.490 e. The van der Waals surface area contributed by atoms with Crippen LogP contribution in [-0.2, 0) is 4.79 Å².